The number of carbonyl (C=O) groups excluding carboxylic acids is 3. The van der Waals surface area contributed by atoms with Gasteiger partial charge in [-0.15, -0.1) is 0 Å². The lowest BCUT2D eigenvalue weighted by molar-refractivity contribution is -0.138. The van der Waals surface area contributed by atoms with Crippen LogP contribution in [0.3, 0.4) is 0 Å². The summed E-state index contributed by atoms with van der Waals surface area (Å²) in [6.45, 7) is 1.39. The molecule has 4 aromatic rings. The van der Waals surface area contributed by atoms with Crippen LogP contribution in [0.4, 0.5) is 4.39 Å². The Balaban J connectivity index is 1.41. The number of benzene rings is 1. The van der Waals surface area contributed by atoms with Crippen molar-refractivity contribution in [1.29, 1.82) is 0 Å². The number of aryl methyl sites for hydroxylation is 1. The van der Waals surface area contributed by atoms with Crippen LogP contribution in [0.25, 0.3) is 22.0 Å². The van der Waals surface area contributed by atoms with Crippen LogP contribution in [0.5, 0.6) is 0 Å². The third-order valence-electron chi connectivity index (χ3n) is 6.64. The summed E-state index contributed by atoms with van der Waals surface area (Å²) < 4.78 is 16.5. The summed E-state index contributed by atoms with van der Waals surface area (Å²) in [7, 11) is 0. The Morgan fingerprint density at radius 1 is 1.10 bits per heavy atom. The molecular formula is C27H25BrFN7O3. The molecule has 39 heavy (non-hydrogen) atoms. The van der Waals surface area contributed by atoms with E-state index in [4.69, 9.17) is 5.73 Å². The molecule has 1 aromatic carbocycles. The maximum atomic E-state index is 14.5. The quantitative estimate of drug-likeness (QED) is 0.310. The van der Waals surface area contributed by atoms with Crippen LogP contribution in [0, 0.1) is 6.92 Å². The number of nitrogens with two attached hydrogens (primary N) is 1. The Hall–Kier alpha value is -4.06. The number of Topliss-reactive ketones (excluding diaryl/α,β-unsaturated/α-hetero) is 1. The topological polar surface area (TPSA) is 137 Å². The molecule has 5 rings (SSSR count). The van der Waals surface area contributed by atoms with Crippen molar-refractivity contribution in [3.8, 4) is 11.1 Å². The van der Waals surface area contributed by atoms with Gasteiger partial charge in [0.2, 0.25) is 11.8 Å². The molecule has 1 saturated heterocycles. The van der Waals surface area contributed by atoms with Gasteiger partial charge in [0.05, 0.1) is 36.6 Å². The molecule has 2 N–H and O–H groups in total. The summed E-state index contributed by atoms with van der Waals surface area (Å²) in [6, 6.07) is 9.81. The monoisotopic (exact) mass is 593 g/mol. The Kier molecular flexibility index (Phi) is 7.47. The zero-order chi connectivity index (χ0) is 27.7. The van der Waals surface area contributed by atoms with Gasteiger partial charge in [0.1, 0.15) is 23.1 Å². The average Bonchev–Trinajstić information content (AvgIpc) is 3.44. The summed E-state index contributed by atoms with van der Waals surface area (Å²) in [5, 5.41) is 5.15. The minimum Gasteiger partial charge on any atom is -0.369 e. The second kappa shape index (κ2) is 11.0. The van der Waals surface area contributed by atoms with Crippen LogP contribution in [-0.2, 0) is 33.8 Å². The Morgan fingerprint density at radius 2 is 1.87 bits per heavy atom. The van der Waals surface area contributed by atoms with Crippen LogP contribution < -0.4 is 5.73 Å². The van der Waals surface area contributed by atoms with Gasteiger partial charge in [0, 0.05) is 35.5 Å². The number of carbonyl (C=O) groups is 3. The number of ketones is 1. The molecule has 2 amide bonds. The lowest BCUT2D eigenvalue weighted by Gasteiger charge is -2.23. The first-order valence-electron chi connectivity index (χ1n) is 12.3. The van der Waals surface area contributed by atoms with Gasteiger partial charge < -0.3 is 10.6 Å². The number of likely N-dealkylation sites (tertiary alicyclic amines) is 1. The highest BCUT2D eigenvalue weighted by molar-refractivity contribution is 9.10. The SMILES string of the molecule is Cc1ncc(-c2ccc3c(c2)c(CC(N)=O)nn3CC(=O)N2C[C@H](F)C[C@H]2C(=O)Cc2cccc(Br)n2)cn1. The van der Waals surface area contributed by atoms with E-state index < -0.39 is 24.0 Å². The van der Waals surface area contributed by atoms with E-state index in [0.717, 1.165) is 11.1 Å². The van der Waals surface area contributed by atoms with Crippen molar-refractivity contribution in [1.82, 2.24) is 29.6 Å². The molecule has 0 saturated carbocycles. The Morgan fingerprint density at radius 3 is 2.59 bits per heavy atom. The number of nitrogens with zero attached hydrogens (tertiary/aromatic N) is 6. The van der Waals surface area contributed by atoms with E-state index in [9.17, 15) is 18.8 Å². The number of fused-ring (bicyclic) bond motifs is 1. The number of halogens is 2. The van der Waals surface area contributed by atoms with Gasteiger partial charge >= 0.3 is 0 Å². The van der Waals surface area contributed by atoms with E-state index in [1.165, 1.54) is 9.58 Å². The number of hydrogen-bond acceptors (Lipinski definition) is 7. The molecule has 1 aliphatic heterocycles. The van der Waals surface area contributed by atoms with Crippen LogP contribution >= 0.6 is 15.9 Å². The molecule has 3 aromatic heterocycles. The van der Waals surface area contributed by atoms with Crippen molar-refractivity contribution in [2.45, 2.75) is 44.9 Å². The third kappa shape index (κ3) is 5.85. The van der Waals surface area contributed by atoms with Crippen LogP contribution in [-0.4, -0.2) is 66.0 Å². The molecule has 0 radical (unpaired) electrons. The fraction of sp³-hybridized carbons (Fsp3) is 0.296. The normalized spacial score (nSPS) is 17.1. The first-order chi connectivity index (χ1) is 18.7. The van der Waals surface area contributed by atoms with Crippen molar-refractivity contribution in [2.75, 3.05) is 6.54 Å². The highest BCUT2D eigenvalue weighted by atomic mass is 79.9. The summed E-state index contributed by atoms with van der Waals surface area (Å²) in [4.78, 5) is 52.2. The molecule has 0 spiro atoms. The zero-order valence-electron chi connectivity index (χ0n) is 21.1. The number of hydrogen-bond donors (Lipinski definition) is 1. The molecule has 0 bridgehead atoms. The number of rotatable bonds is 8. The third-order valence-corrected chi connectivity index (χ3v) is 7.08. The molecule has 12 heteroatoms. The van der Waals surface area contributed by atoms with Crippen molar-refractivity contribution in [3.05, 3.63) is 70.6 Å². The van der Waals surface area contributed by atoms with Gasteiger partial charge in [-0.05, 0) is 52.7 Å². The fourth-order valence-electron chi connectivity index (χ4n) is 4.81. The summed E-state index contributed by atoms with van der Waals surface area (Å²) in [6.07, 6.45) is 1.90. The Bertz CT molecular complexity index is 1570. The smallest absolute Gasteiger partial charge is 0.245 e. The van der Waals surface area contributed by atoms with Crippen molar-refractivity contribution < 1.29 is 18.8 Å². The van der Waals surface area contributed by atoms with Crippen molar-refractivity contribution in [3.63, 3.8) is 0 Å². The highest BCUT2D eigenvalue weighted by Crippen LogP contribution is 2.28. The van der Waals surface area contributed by atoms with Crippen molar-refractivity contribution in [2.24, 2.45) is 5.73 Å². The van der Waals surface area contributed by atoms with Gasteiger partial charge in [0.25, 0.3) is 0 Å². The number of pyridine rings is 1. The van der Waals surface area contributed by atoms with Crippen LogP contribution in [0.1, 0.15) is 23.6 Å². The zero-order valence-corrected chi connectivity index (χ0v) is 22.6. The van der Waals surface area contributed by atoms with Crippen LogP contribution in [0.15, 0.2) is 53.4 Å². The lowest BCUT2D eigenvalue weighted by atomic mass is 10.0. The number of primary amides is 1. The predicted molar refractivity (Wildman–Crippen MR) is 144 cm³/mol. The molecular weight excluding hydrogens is 569 g/mol. The lowest BCUT2D eigenvalue weighted by Crippen LogP contribution is -2.43. The summed E-state index contributed by atoms with van der Waals surface area (Å²) >= 11 is 3.28. The second-order valence-corrected chi connectivity index (χ2v) is 10.3. The molecule has 4 heterocycles. The van der Waals surface area contributed by atoms with Gasteiger partial charge in [-0.2, -0.15) is 5.10 Å². The Labute approximate surface area is 231 Å². The number of amides is 2. The highest BCUT2D eigenvalue weighted by Gasteiger charge is 2.39. The van der Waals surface area contributed by atoms with Gasteiger partial charge in [0.15, 0.2) is 5.78 Å². The minimum atomic E-state index is -1.31. The van der Waals surface area contributed by atoms with E-state index in [2.05, 4.69) is 36.0 Å². The standard InChI is InChI=1S/C27H25BrFN7O3/c1-15-31-11-17(12-32-15)16-5-6-22-20(7-16)21(10-26(30)38)34-36(22)14-27(39)35-13-18(29)8-23(35)24(37)9-19-3-2-4-25(28)33-19/h2-7,11-12,18,23H,8-10,13-14H2,1H3,(H2,30,38)/t18-,23+/m1/s1. The fourth-order valence-corrected chi connectivity index (χ4v) is 5.19. The molecule has 0 aliphatic carbocycles. The van der Waals surface area contributed by atoms with Crippen LogP contribution in [0.2, 0.25) is 0 Å². The molecule has 1 fully saturated rings. The minimum absolute atomic E-state index is 0.0143. The molecule has 10 nitrogen and oxygen atoms in total. The number of aromatic nitrogens is 5. The molecule has 200 valence electrons. The van der Waals surface area contributed by atoms with Gasteiger partial charge in [-0.25, -0.2) is 19.3 Å². The first-order valence-corrected chi connectivity index (χ1v) is 13.1. The van der Waals surface area contributed by atoms with E-state index in [0.29, 0.717) is 32.7 Å². The van der Waals surface area contributed by atoms with Crippen molar-refractivity contribution >= 4 is 44.4 Å². The van der Waals surface area contributed by atoms with E-state index in [-0.39, 0.29) is 38.1 Å². The molecule has 0 unspecified atom stereocenters. The van der Waals surface area contributed by atoms with E-state index >= 15 is 0 Å². The largest absolute Gasteiger partial charge is 0.369 e. The second-order valence-electron chi connectivity index (χ2n) is 9.49. The summed E-state index contributed by atoms with van der Waals surface area (Å²) in [5.74, 6) is -0.646. The van der Waals surface area contributed by atoms with Gasteiger partial charge in [-0.1, -0.05) is 12.1 Å². The average molecular weight is 594 g/mol. The summed E-state index contributed by atoms with van der Waals surface area (Å²) in [5.41, 5.74) is 8.61. The van der Waals surface area contributed by atoms with Gasteiger partial charge in [-0.3, -0.25) is 19.1 Å². The predicted octanol–water partition coefficient (Wildman–Crippen LogP) is 2.74. The molecule has 2 atom stereocenters. The first kappa shape index (κ1) is 26.5. The number of alkyl halides is 1. The maximum Gasteiger partial charge on any atom is 0.245 e. The molecule has 1 aliphatic rings. The van der Waals surface area contributed by atoms with E-state index in [1.807, 2.05) is 12.1 Å². The van der Waals surface area contributed by atoms with E-state index in [1.54, 1.807) is 43.6 Å². The maximum absolute atomic E-state index is 14.5.